The number of amides is 1. The maximum absolute atomic E-state index is 11.7. The van der Waals surface area contributed by atoms with Crippen LogP contribution in [0.5, 0.6) is 0 Å². The van der Waals surface area contributed by atoms with Crippen molar-refractivity contribution in [2.45, 2.75) is 25.0 Å². The molecule has 7 heteroatoms. The van der Waals surface area contributed by atoms with Crippen LogP contribution in [-0.2, 0) is 14.6 Å². The summed E-state index contributed by atoms with van der Waals surface area (Å²) in [5.41, 5.74) is 0. The highest BCUT2D eigenvalue weighted by Crippen LogP contribution is 2.23. The van der Waals surface area contributed by atoms with Crippen LogP contribution in [0.2, 0.25) is 0 Å². The molecule has 0 unspecified atom stereocenters. The average molecular weight is 285 g/mol. The van der Waals surface area contributed by atoms with Crippen LogP contribution >= 0.6 is 12.4 Å². The number of hydrogen-bond acceptors (Lipinski definition) is 4. The first-order chi connectivity index (χ1) is 7.30. The minimum Gasteiger partial charge on any atom is -0.340 e. The zero-order valence-corrected chi connectivity index (χ0v) is 12.2. The highest BCUT2D eigenvalue weighted by Gasteiger charge is 2.41. The fraction of sp³-hybridized carbons (Fsp3) is 0.900. The van der Waals surface area contributed by atoms with Crippen LogP contribution in [-0.4, -0.2) is 56.4 Å². The molecular weight excluding hydrogens is 264 g/mol. The predicted molar refractivity (Wildman–Crippen MR) is 70.2 cm³/mol. The monoisotopic (exact) mass is 284 g/mol. The summed E-state index contributed by atoms with van der Waals surface area (Å²) in [5, 5.41) is 2.91. The molecule has 17 heavy (non-hydrogen) atoms. The quantitative estimate of drug-likeness (QED) is 0.795. The summed E-state index contributed by atoms with van der Waals surface area (Å²) in [6.07, 6.45) is 0.423. The molecule has 1 N–H and O–H groups in total. The minimum atomic E-state index is -3.06. The van der Waals surface area contributed by atoms with E-state index in [-0.39, 0.29) is 24.1 Å². The van der Waals surface area contributed by atoms with E-state index in [1.165, 1.54) is 0 Å². The molecule has 1 saturated heterocycles. The molecule has 0 atom stereocenters. The molecule has 0 radical (unpaired) electrons. The molecule has 1 rings (SSSR count). The van der Waals surface area contributed by atoms with Gasteiger partial charge in [0.05, 0.1) is 10.5 Å². The Balaban J connectivity index is 0.00000256. The summed E-state index contributed by atoms with van der Waals surface area (Å²) < 4.78 is 22.7. The van der Waals surface area contributed by atoms with Crippen LogP contribution in [0.3, 0.4) is 0 Å². The van der Waals surface area contributed by atoms with E-state index in [1.807, 2.05) is 0 Å². The Bertz CT molecular complexity index is 368. The number of carbonyl (C=O) groups is 1. The third kappa shape index (κ3) is 3.82. The lowest BCUT2D eigenvalue weighted by Gasteiger charge is -2.37. The number of halogens is 1. The lowest BCUT2D eigenvalue weighted by molar-refractivity contribution is -0.131. The van der Waals surface area contributed by atoms with Crippen molar-refractivity contribution < 1.29 is 13.2 Å². The number of carbonyl (C=O) groups excluding carboxylic acids is 1. The first kappa shape index (κ1) is 16.7. The van der Waals surface area contributed by atoms with Crippen LogP contribution in [0.25, 0.3) is 0 Å². The van der Waals surface area contributed by atoms with Gasteiger partial charge in [0.25, 0.3) is 0 Å². The smallest absolute Gasteiger partial charge is 0.223 e. The Labute approximate surface area is 109 Å². The van der Waals surface area contributed by atoms with Crippen molar-refractivity contribution in [3.8, 4) is 0 Å². The number of nitrogens with zero attached hydrogens (tertiary/aromatic N) is 1. The van der Waals surface area contributed by atoms with E-state index in [0.717, 1.165) is 0 Å². The molecule has 0 saturated carbocycles. The van der Waals surface area contributed by atoms with Crippen LogP contribution in [0.15, 0.2) is 0 Å². The minimum absolute atomic E-state index is 0. The summed E-state index contributed by atoms with van der Waals surface area (Å²) in [5.74, 6) is 0.1000. The Morgan fingerprint density at radius 3 is 2.47 bits per heavy atom. The molecule has 0 aromatic heterocycles. The molecule has 0 aliphatic carbocycles. The SMILES string of the molecule is CNCCC(=O)N1CCS(=O)(=O)C(C)(C)C1.Cl. The van der Waals surface area contributed by atoms with Gasteiger partial charge in [-0.25, -0.2) is 8.42 Å². The van der Waals surface area contributed by atoms with Crippen LogP contribution < -0.4 is 5.32 Å². The van der Waals surface area contributed by atoms with Crippen LogP contribution in [0, 0.1) is 0 Å². The van der Waals surface area contributed by atoms with Crippen molar-refractivity contribution in [3.05, 3.63) is 0 Å². The molecule has 1 heterocycles. The zero-order valence-electron chi connectivity index (χ0n) is 10.5. The van der Waals surface area contributed by atoms with Crippen LogP contribution in [0.1, 0.15) is 20.3 Å². The second kappa shape index (κ2) is 6.02. The van der Waals surface area contributed by atoms with E-state index in [2.05, 4.69) is 5.32 Å². The maximum atomic E-state index is 11.7. The lowest BCUT2D eigenvalue weighted by Crippen LogP contribution is -2.54. The van der Waals surface area contributed by atoms with Gasteiger partial charge in [0.2, 0.25) is 5.91 Å². The molecular formula is C10H21ClN2O3S. The highest BCUT2D eigenvalue weighted by molar-refractivity contribution is 7.92. The zero-order chi connectivity index (χ0) is 12.4. The summed E-state index contributed by atoms with van der Waals surface area (Å²) in [4.78, 5) is 13.4. The molecule has 1 amide bonds. The average Bonchev–Trinajstić information content (AvgIpc) is 2.18. The second-order valence-electron chi connectivity index (χ2n) is 4.75. The molecule has 1 aliphatic heterocycles. The van der Waals surface area contributed by atoms with Crippen molar-refractivity contribution >= 4 is 28.2 Å². The molecule has 1 fully saturated rings. The highest BCUT2D eigenvalue weighted by atomic mass is 35.5. The van der Waals surface area contributed by atoms with Gasteiger partial charge in [0.1, 0.15) is 0 Å². The largest absolute Gasteiger partial charge is 0.340 e. The molecule has 0 spiro atoms. The van der Waals surface area contributed by atoms with Crippen LogP contribution in [0.4, 0.5) is 0 Å². The Kier molecular flexibility index (Phi) is 5.90. The predicted octanol–water partition coefficient (Wildman–Crippen LogP) is 0.0533. The summed E-state index contributed by atoms with van der Waals surface area (Å²) in [6.45, 7) is 4.62. The van der Waals surface area contributed by atoms with Crippen molar-refractivity contribution in [1.82, 2.24) is 10.2 Å². The van der Waals surface area contributed by atoms with Crippen molar-refractivity contribution in [1.29, 1.82) is 0 Å². The van der Waals surface area contributed by atoms with E-state index in [0.29, 0.717) is 26.1 Å². The van der Waals surface area contributed by atoms with Gasteiger partial charge in [-0.15, -0.1) is 12.4 Å². The van der Waals surface area contributed by atoms with Crippen molar-refractivity contribution in [2.24, 2.45) is 0 Å². The molecule has 0 aromatic rings. The van der Waals surface area contributed by atoms with E-state index in [9.17, 15) is 13.2 Å². The topological polar surface area (TPSA) is 66.5 Å². The molecule has 0 bridgehead atoms. The van der Waals surface area contributed by atoms with Gasteiger partial charge in [-0.1, -0.05) is 0 Å². The first-order valence-electron chi connectivity index (χ1n) is 5.45. The number of nitrogens with one attached hydrogen (secondary N) is 1. The van der Waals surface area contributed by atoms with E-state index in [1.54, 1.807) is 25.8 Å². The summed E-state index contributed by atoms with van der Waals surface area (Å²) in [7, 11) is -1.27. The second-order valence-corrected chi connectivity index (χ2v) is 7.49. The van der Waals surface area contributed by atoms with Gasteiger partial charge in [-0.05, 0) is 20.9 Å². The van der Waals surface area contributed by atoms with Gasteiger partial charge >= 0.3 is 0 Å². The van der Waals surface area contributed by atoms with Gasteiger partial charge in [-0.2, -0.15) is 0 Å². The molecule has 0 aromatic carbocycles. The lowest BCUT2D eigenvalue weighted by atomic mass is 10.1. The summed E-state index contributed by atoms with van der Waals surface area (Å²) >= 11 is 0. The molecule has 102 valence electrons. The van der Waals surface area contributed by atoms with Crippen molar-refractivity contribution in [3.63, 3.8) is 0 Å². The fourth-order valence-corrected chi connectivity index (χ4v) is 3.11. The Morgan fingerprint density at radius 2 is 2.00 bits per heavy atom. The first-order valence-corrected chi connectivity index (χ1v) is 7.10. The summed E-state index contributed by atoms with van der Waals surface area (Å²) in [6, 6.07) is 0. The number of sulfone groups is 1. The Morgan fingerprint density at radius 1 is 1.41 bits per heavy atom. The van der Waals surface area contributed by atoms with Gasteiger partial charge in [0.15, 0.2) is 9.84 Å². The van der Waals surface area contributed by atoms with Gasteiger partial charge in [0, 0.05) is 26.1 Å². The normalized spacial score (nSPS) is 21.7. The third-order valence-electron chi connectivity index (χ3n) is 2.99. The van der Waals surface area contributed by atoms with Gasteiger partial charge in [-0.3, -0.25) is 4.79 Å². The van der Waals surface area contributed by atoms with E-state index >= 15 is 0 Å². The third-order valence-corrected chi connectivity index (χ3v) is 5.52. The standard InChI is InChI=1S/C10H20N2O3S.ClH/c1-10(2)8-12(6-7-16(10,14)15)9(13)4-5-11-3;/h11H,4-8H2,1-3H3;1H. The van der Waals surface area contributed by atoms with E-state index in [4.69, 9.17) is 0 Å². The van der Waals surface area contributed by atoms with Gasteiger partial charge < -0.3 is 10.2 Å². The number of rotatable bonds is 3. The number of hydrogen-bond donors (Lipinski definition) is 1. The molecule has 1 aliphatic rings. The fourth-order valence-electron chi connectivity index (χ4n) is 1.75. The van der Waals surface area contributed by atoms with Crippen molar-refractivity contribution in [2.75, 3.05) is 32.4 Å². The molecule has 5 nitrogen and oxygen atoms in total. The van der Waals surface area contributed by atoms with E-state index < -0.39 is 14.6 Å². The Hall–Kier alpha value is -0.330. The maximum Gasteiger partial charge on any atom is 0.223 e.